The topological polar surface area (TPSA) is 103 Å². The van der Waals surface area contributed by atoms with E-state index in [1.54, 1.807) is 18.2 Å². The molecular weight excluding hydrogens is 531 g/mol. The summed E-state index contributed by atoms with van der Waals surface area (Å²) in [5, 5.41) is 3.25. The van der Waals surface area contributed by atoms with Crippen molar-refractivity contribution in [2.24, 2.45) is 0 Å². The minimum atomic E-state index is -4.33. The van der Waals surface area contributed by atoms with Gasteiger partial charge in [-0.25, -0.2) is 8.42 Å². The maximum absolute atomic E-state index is 13.9. The number of carbonyl (C=O) groups is 1. The Morgan fingerprint density at radius 2 is 1.33 bits per heavy atom. The van der Waals surface area contributed by atoms with Gasteiger partial charge in [0.05, 0.1) is 44.7 Å². The summed E-state index contributed by atoms with van der Waals surface area (Å²) in [4.78, 5) is 13.0. The highest BCUT2D eigenvalue weighted by Crippen LogP contribution is 2.37. The van der Waals surface area contributed by atoms with Crippen LogP contribution in [0.25, 0.3) is 0 Å². The number of halogens is 2. The molecule has 0 saturated heterocycles. The van der Waals surface area contributed by atoms with Crippen LogP contribution in [0, 0.1) is 0 Å². The lowest BCUT2D eigenvalue weighted by molar-refractivity contribution is -0.114. The number of benzene rings is 3. The normalized spacial score (nSPS) is 10.9. The van der Waals surface area contributed by atoms with Gasteiger partial charge >= 0.3 is 0 Å². The summed E-state index contributed by atoms with van der Waals surface area (Å²) in [6.07, 6.45) is 0. The number of sulfonamides is 1. The molecule has 9 nitrogen and oxygen atoms in total. The molecule has 0 fully saturated rings. The Morgan fingerprint density at radius 3 is 1.94 bits per heavy atom. The third-order valence-corrected chi connectivity index (χ3v) is 7.30. The van der Waals surface area contributed by atoms with Crippen LogP contribution in [0.15, 0.2) is 59.5 Å². The van der Waals surface area contributed by atoms with Crippen LogP contribution in [-0.2, 0) is 14.8 Å². The standard InChI is InChI=1S/C24H24Cl2N2O7S/c1-32-20-8-5-15(25)11-18(20)27-24(29)14-28(19-12-16(26)6-9-21(19)33-2)36(30,31)17-7-10-22(34-3)23(13-17)35-4/h5-13H,14H2,1-4H3,(H,27,29). The highest BCUT2D eigenvalue weighted by molar-refractivity contribution is 7.92. The molecule has 3 rings (SSSR count). The molecule has 3 aromatic rings. The molecule has 1 N–H and O–H groups in total. The highest BCUT2D eigenvalue weighted by Gasteiger charge is 2.31. The average molecular weight is 555 g/mol. The van der Waals surface area contributed by atoms with E-state index in [1.165, 1.54) is 64.8 Å². The monoisotopic (exact) mass is 554 g/mol. The average Bonchev–Trinajstić information content (AvgIpc) is 2.86. The molecule has 3 aromatic carbocycles. The molecule has 0 unspecified atom stereocenters. The second-order valence-electron chi connectivity index (χ2n) is 7.24. The first kappa shape index (κ1) is 27.3. The zero-order chi connectivity index (χ0) is 26.5. The Bertz CT molecular complexity index is 1370. The fraction of sp³-hybridized carbons (Fsp3) is 0.208. The van der Waals surface area contributed by atoms with E-state index in [0.29, 0.717) is 16.5 Å². The number of hydrogen-bond acceptors (Lipinski definition) is 7. The van der Waals surface area contributed by atoms with Crippen molar-refractivity contribution in [3.63, 3.8) is 0 Å². The van der Waals surface area contributed by atoms with E-state index in [-0.39, 0.29) is 32.8 Å². The van der Waals surface area contributed by atoms with Gasteiger partial charge in [0.25, 0.3) is 10.0 Å². The molecule has 0 radical (unpaired) electrons. The molecule has 1 amide bonds. The first-order valence-corrected chi connectivity index (χ1v) is 12.6. The van der Waals surface area contributed by atoms with Crippen LogP contribution < -0.4 is 28.6 Å². The van der Waals surface area contributed by atoms with Crippen molar-refractivity contribution in [2.75, 3.05) is 44.6 Å². The lowest BCUT2D eigenvalue weighted by Gasteiger charge is -2.26. The summed E-state index contributed by atoms with van der Waals surface area (Å²) >= 11 is 12.2. The maximum atomic E-state index is 13.9. The Hall–Kier alpha value is -3.34. The summed E-state index contributed by atoms with van der Waals surface area (Å²) in [5.74, 6) is 0.416. The predicted molar refractivity (Wildman–Crippen MR) is 139 cm³/mol. The molecule has 0 saturated carbocycles. The molecule has 0 aliphatic carbocycles. The van der Waals surface area contributed by atoms with Crippen LogP contribution in [0.5, 0.6) is 23.0 Å². The summed E-state index contributed by atoms with van der Waals surface area (Å²) in [6, 6.07) is 13.2. The lowest BCUT2D eigenvalue weighted by Crippen LogP contribution is -2.38. The number of nitrogens with zero attached hydrogens (tertiary/aromatic N) is 1. The van der Waals surface area contributed by atoms with E-state index in [1.807, 2.05) is 0 Å². The van der Waals surface area contributed by atoms with Crippen LogP contribution in [0.3, 0.4) is 0 Å². The van der Waals surface area contributed by atoms with Crippen LogP contribution in [0.1, 0.15) is 0 Å². The fourth-order valence-corrected chi connectivity index (χ4v) is 5.14. The minimum Gasteiger partial charge on any atom is -0.495 e. The van der Waals surface area contributed by atoms with Gasteiger partial charge in [0, 0.05) is 16.1 Å². The molecule has 12 heteroatoms. The van der Waals surface area contributed by atoms with E-state index < -0.39 is 22.5 Å². The number of amides is 1. The van der Waals surface area contributed by atoms with Gasteiger partial charge in [-0.3, -0.25) is 9.10 Å². The second kappa shape index (κ2) is 11.6. The maximum Gasteiger partial charge on any atom is 0.265 e. The van der Waals surface area contributed by atoms with Gasteiger partial charge in [0.15, 0.2) is 11.5 Å². The summed E-state index contributed by atoms with van der Waals surface area (Å²) in [7, 11) is 1.30. The largest absolute Gasteiger partial charge is 0.495 e. The van der Waals surface area contributed by atoms with Crippen molar-refractivity contribution in [1.29, 1.82) is 0 Å². The van der Waals surface area contributed by atoms with Crippen LogP contribution >= 0.6 is 23.2 Å². The fourth-order valence-electron chi connectivity index (χ4n) is 3.36. The number of carbonyl (C=O) groups excluding carboxylic acids is 1. The number of methoxy groups -OCH3 is 4. The zero-order valence-electron chi connectivity index (χ0n) is 19.9. The van der Waals surface area contributed by atoms with Gasteiger partial charge in [0.2, 0.25) is 5.91 Å². The van der Waals surface area contributed by atoms with Gasteiger partial charge < -0.3 is 24.3 Å². The van der Waals surface area contributed by atoms with E-state index in [2.05, 4.69) is 5.32 Å². The smallest absolute Gasteiger partial charge is 0.265 e. The third kappa shape index (κ3) is 5.89. The molecular formula is C24H24Cl2N2O7S. The molecule has 0 heterocycles. The highest BCUT2D eigenvalue weighted by atomic mass is 35.5. The van der Waals surface area contributed by atoms with Crippen molar-refractivity contribution in [3.8, 4) is 23.0 Å². The van der Waals surface area contributed by atoms with Crippen LogP contribution in [0.2, 0.25) is 10.0 Å². The Labute approximate surface area is 219 Å². The van der Waals surface area contributed by atoms with E-state index in [9.17, 15) is 13.2 Å². The molecule has 0 aromatic heterocycles. The van der Waals surface area contributed by atoms with Gasteiger partial charge in [-0.05, 0) is 48.5 Å². The minimum absolute atomic E-state index is 0.0630. The SMILES string of the molecule is COc1ccc(Cl)cc1NC(=O)CN(c1cc(Cl)ccc1OC)S(=O)(=O)c1ccc(OC)c(OC)c1. The number of nitrogens with one attached hydrogen (secondary N) is 1. The van der Waals surface area contributed by atoms with Gasteiger partial charge in [0.1, 0.15) is 18.0 Å². The summed E-state index contributed by atoms with van der Waals surface area (Å²) < 4.78 is 49.7. The predicted octanol–water partition coefficient (Wildman–Crippen LogP) is 4.86. The first-order chi connectivity index (χ1) is 17.1. The number of ether oxygens (including phenoxy) is 4. The quantitative estimate of drug-likeness (QED) is 0.381. The summed E-state index contributed by atoms with van der Waals surface area (Å²) in [6.45, 7) is -0.622. The summed E-state index contributed by atoms with van der Waals surface area (Å²) in [5.41, 5.74) is 0.338. The number of hydrogen-bond donors (Lipinski definition) is 1. The Kier molecular flexibility index (Phi) is 8.78. The Balaban J connectivity index is 2.09. The zero-order valence-corrected chi connectivity index (χ0v) is 22.2. The van der Waals surface area contributed by atoms with Gasteiger partial charge in [-0.1, -0.05) is 23.2 Å². The molecule has 0 spiro atoms. The van der Waals surface area contributed by atoms with Crippen molar-refractivity contribution in [2.45, 2.75) is 4.90 Å². The van der Waals surface area contributed by atoms with Gasteiger partial charge in [-0.15, -0.1) is 0 Å². The van der Waals surface area contributed by atoms with Crippen molar-refractivity contribution in [1.82, 2.24) is 0 Å². The van der Waals surface area contributed by atoms with E-state index in [4.69, 9.17) is 42.1 Å². The third-order valence-electron chi connectivity index (χ3n) is 5.08. The van der Waals surface area contributed by atoms with E-state index in [0.717, 1.165) is 4.31 Å². The Morgan fingerprint density at radius 1 is 0.778 bits per heavy atom. The van der Waals surface area contributed by atoms with E-state index >= 15 is 0 Å². The molecule has 0 aliphatic heterocycles. The molecule has 36 heavy (non-hydrogen) atoms. The number of anilines is 2. The first-order valence-electron chi connectivity index (χ1n) is 10.4. The van der Waals surface area contributed by atoms with Crippen LogP contribution in [-0.4, -0.2) is 49.3 Å². The number of rotatable bonds is 10. The molecule has 0 aliphatic rings. The second-order valence-corrected chi connectivity index (χ2v) is 9.97. The molecule has 192 valence electrons. The van der Waals surface area contributed by atoms with Crippen molar-refractivity contribution in [3.05, 3.63) is 64.6 Å². The van der Waals surface area contributed by atoms with Crippen molar-refractivity contribution >= 4 is 50.5 Å². The molecule has 0 bridgehead atoms. The lowest BCUT2D eigenvalue weighted by atomic mass is 10.2. The van der Waals surface area contributed by atoms with Crippen LogP contribution in [0.4, 0.5) is 11.4 Å². The van der Waals surface area contributed by atoms with Crippen molar-refractivity contribution < 1.29 is 32.2 Å². The van der Waals surface area contributed by atoms with Gasteiger partial charge in [-0.2, -0.15) is 0 Å². The molecule has 0 atom stereocenters.